The molecule has 0 aromatic carbocycles. The van der Waals surface area contributed by atoms with Gasteiger partial charge in [0.05, 0.1) is 6.61 Å². The Morgan fingerprint density at radius 3 is 2.79 bits per heavy atom. The number of hydrogen-bond donors (Lipinski definition) is 1. The highest BCUT2D eigenvalue weighted by atomic mass is 35.5. The van der Waals surface area contributed by atoms with E-state index in [-0.39, 0.29) is 16.8 Å². The summed E-state index contributed by atoms with van der Waals surface area (Å²) in [5.74, 6) is -0.615. The summed E-state index contributed by atoms with van der Waals surface area (Å²) in [6, 6.07) is 3.12. The second-order valence-corrected chi connectivity index (χ2v) is 4.64. The van der Waals surface area contributed by atoms with Gasteiger partial charge in [0.1, 0.15) is 16.5 Å². The molecule has 0 spiro atoms. The maximum Gasteiger partial charge on any atom is 0.339 e. The van der Waals surface area contributed by atoms with Crippen molar-refractivity contribution in [1.29, 1.82) is 0 Å². The molecule has 1 aromatic rings. The average molecular weight is 287 g/mol. The molecule has 5 nitrogen and oxygen atoms in total. The lowest BCUT2D eigenvalue weighted by molar-refractivity contribution is 0.0697. The summed E-state index contributed by atoms with van der Waals surface area (Å²) in [6.07, 6.45) is 0.872. The van der Waals surface area contributed by atoms with Crippen molar-refractivity contribution in [3.63, 3.8) is 0 Å². The molecule has 0 aliphatic heterocycles. The third-order valence-electron chi connectivity index (χ3n) is 3.00. The van der Waals surface area contributed by atoms with Crippen molar-refractivity contribution in [2.24, 2.45) is 0 Å². The van der Waals surface area contributed by atoms with E-state index in [1.165, 1.54) is 12.1 Å². The van der Waals surface area contributed by atoms with E-state index in [1.54, 1.807) is 7.11 Å². The molecule has 0 bridgehead atoms. The Morgan fingerprint density at radius 1 is 1.58 bits per heavy atom. The summed E-state index contributed by atoms with van der Waals surface area (Å²) < 4.78 is 5.07. The lowest BCUT2D eigenvalue weighted by Gasteiger charge is -2.30. The molecule has 0 saturated carbocycles. The van der Waals surface area contributed by atoms with Crippen LogP contribution in [-0.2, 0) is 4.74 Å². The van der Waals surface area contributed by atoms with Gasteiger partial charge in [-0.1, -0.05) is 18.5 Å². The maximum atomic E-state index is 11.3. The van der Waals surface area contributed by atoms with E-state index < -0.39 is 5.97 Å². The molecular weight excluding hydrogens is 268 g/mol. The van der Waals surface area contributed by atoms with Crippen molar-refractivity contribution in [2.45, 2.75) is 26.3 Å². The number of halogens is 1. The molecule has 0 aliphatic rings. The average Bonchev–Trinajstić information content (AvgIpc) is 2.38. The van der Waals surface area contributed by atoms with Gasteiger partial charge in [-0.05, 0) is 25.5 Å². The number of methoxy groups -OCH3 is 1. The van der Waals surface area contributed by atoms with Crippen LogP contribution in [0.5, 0.6) is 0 Å². The molecular formula is C13H19ClN2O3. The molecule has 0 fully saturated rings. The highest BCUT2D eigenvalue weighted by Crippen LogP contribution is 2.23. The van der Waals surface area contributed by atoms with Gasteiger partial charge in [0.15, 0.2) is 0 Å². The molecule has 1 heterocycles. The fraction of sp³-hybridized carbons (Fsp3) is 0.538. The molecule has 0 saturated heterocycles. The summed E-state index contributed by atoms with van der Waals surface area (Å²) in [5.41, 5.74) is 0.154. The second kappa shape index (κ2) is 7.31. The zero-order valence-electron chi connectivity index (χ0n) is 11.4. The summed E-state index contributed by atoms with van der Waals surface area (Å²) >= 11 is 5.89. The highest BCUT2D eigenvalue weighted by molar-refractivity contribution is 6.29. The Balaban J connectivity index is 3.19. The maximum absolute atomic E-state index is 11.3. The standard InChI is InChI=1S/C13H19ClN2O3/c1-4-9(2)16(7-8-19-3)12-10(13(17)18)5-6-11(14)15-12/h5-6,9H,4,7-8H2,1-3H3,(H,17,18). The SMILES string of the molecule is CCC(C)N(CCOC)c1nc(Cl)ccc1C(=O)O. The molecule has 1 rings (SSSR count). The monoisotopic (exact) mass is 286 g/mol. The Bertz CT molecular complexity index is 440. The van der Waals surface area contributed by atoms with Crippen LogP contribution in [0, 0.1) is 0 Å². The van der Waals surface area contributed by atoms with Crippen molar-refractivity contribution in [1.82, 2.24) is 4.98 Å². The molecule has 1 aromatic heterocycles. The van der Waals surface area contributed by atoms with Crippen LogP contribution in [0.3, 0.4) is 0 Å². The Hall–Kier alpha value is -1.33. The number of aromatic nitrogens is 1. The van der Waals surface area contributed by atoms with Crippen molar-refractivity contribution >= 4 is 23.4 Å². The van der Waals surface area contributed by atoms with Crippen molar-refractivity contribution in [2.75, 3.05) is 25.2 Å². The first-order chi connectivity index (χ1) is 9.01. The number of pyridine rings is 1. The first-order valence-corrected chi connectivity index (χ1v) is 6.54. The number of rotatable bonds is 7. The summed E-state index contributed by atoms with van der Waals surface area (Å²) in [5, 5.41) is 9.53. The van der Waals surface area contributed by atoms with E-state index in [0.29, 0.717) is 19.0 Å². The van der Waals surface area contributed by atoms with Gasteiger partial charge in [0.2, 0.25) is 0 Å². The number of hydrogen-bond acceptors (Lipinski definition) is 4. The predicted octanol–water partition coefficient (Wildman–Crippen LogP) is 2.68. The Labute approximate surface area is 118 Å². The topological polar surface area (TPSA) is 62.7 Å². The van der Waals surface area contributed by atoms with Crippen molar-refractivity contribution in [3.8, 4) is 0 Å². The molecule has 1 atom stereocenters. The van der Waals surface area contributed by atoms with Gasteiger partial charge in [-0.15, -0.1) is 0 Å². The number of aromatic carboxylic acids is 1. The Morgan fingerprint density at radius 2 is 2.26 bits per heavy atom. The quantitative estimate of drug-likeness (QED) is 0.781. The van der Waals surface area contributed by atoms with Gasteiger partial charge < -0.3 is 14.7 Å². The predicted molar refractivity (Wildman–Crippen MR) is 75.2 cm³/mol. The van der Waals surface area contributed by atoms with Crippen LogP contribution in [0.15, 0.2) is 12.1 Å². The van der Waals surface area contributed by atoms with Crippen LogP contribution in [0.25, 0.3) is 0 Å². The lowest BCUT2D eigenvalue weighted by Crippen LogP contribution is -2.37. The number of nitrogens with zero attached hydrogens (tertiary/aromatic N) is 2. The largest absolute Gasteiger partial charge is 0.478 e. The fourth-order valence-corrected chi connectivity index (χ4v) is 1.90. The zero-order chi connectivity index (χ0) is 14.4. The summed E-state index contributed by atoms with van der Waals surface area (Å²) in [4.78, 5) is 17.4. The molecule has 6 heteroatoms. The molecule has 0 amide bonds. The van der Waals surface area contributed by atoms with Gasteiger partial charge in [0, 0.05) is 19.7 Å². The third kappa shape index (κ3) is 4.08. The van der Waals surface area contributed by atoms with Crippen LogP contribution >= 0.6 is 11.6 Å². The van der Waals surface area contributed by atoms with Crippen LogP contribution in [0.2, 0.25) is 5.15 Å². The van der Waals surface area contributed by atoms with E-state index in [9.17, 15) is 9.90 Å². The normalized spacial score (nSPS) is 12.2. The van der Waals surface area contributed by atoms with E-state index in [1.807, 2.05) is 18.7 Å². The van der Waals surface area contributed by atoms with Crippen LogP contribution in [-0.4, -0.2) is 42.4 Å². The van der Waals surface area contributed by atoms with Crippen molar-refractivity contribution < 1.29 is 14.6 Å². The molecule has 0 aliphatic carbocycles. The number of carboxylic acids is 1. The molecule has 19 heavy (non-hydrogen) atoms. The highest BCUT2D eigenvalue weighted by Gasteiger charge is 2.21. The summed E-state index contributed by atoms with van der Waals surface area (Å²) in [7, 11) is 1.61. The number of carboxylic acid groups (broad SMARTS) is 1. The van der Waals surface area contributed by atoms with Gasteiger partial charge in [-0.25, -0.2) is 9.78 Å². The third-order valence-corrected chi connectivity index (χ3v) is 3.21. The van der Waals surface area contributed by atoms with Crippen LogP contribution in [0.1, 0.15) is 30.6 Å². The number of ether oxygens (including phenoxy) is 1. The Kier molecular flexibility index (Phi) is 6.05. The van der Waals surface area contributed by atoms with Crippen LogP contribution in [0.4, 0.5) is 5.82 Å². The van der Waals surface area contributed by atoms with E-state index in [2.05, 4.69) is 4.98 Å². The van der Waals surface area contributed by atoms with E-state index >= 15 is 0 Å². The first kappa shape index (κ1) is 15.7. The van der Waals surface area contributed by atoms with Gasteiger partial charge in [0.25, 0.3) is 0 Å². The molecule has 0 radical (unpaired) electrons. The van der Waals surface area contributed by atoms with Gasteiger partial charge >= 0.3 is 5.97 Å². The number of carbonyl (C=O) groups is 1. The minimum Gasteiger partial charge on any atom is -0.478 e. The van der Waals surface area contributed by atoms with Crippen LogP contribution < -0.4 is 4.90 Å². The van der Waals surface area contributed by atoms with Gasteiger partial charge in [-0.2, -0.15) is 0 Å². The smallest absolute Gasteiger partial charge is 0.339 e. The number of anilines is 1. The minimum absolute atomic E-state index is 0.152. The van der Waals surface area contributed by atoms with E-state index in [4.69, 9.17) is 16.3 Å². The minimum atomic E-state index is -1.01. The lowest BCUT2D eigenvalue weighted by atomic mass is 10.1. The van der Waals surface area contributed by atoms with E-state index in [0.717, 1.165) is 6.42 Å². The van der Waals surface area contributed by atoms with Gasteiger partial charge in [-0.3, -0.25) is 0 Å². The van der Waals surface area contributed by atoms with Crippen molar-refractivity contribution in [3.05, 3.63) is 22.8 Å². The molecule has 1 N–H and O–H groups in total. The summed E-state index contributed by atoms with van der Waals surface area (Å²) in [6.45, 7) is 5.12. The second-order valence-electron chi connectivity index (χ2n) is 4.25. The fourth-order valence-electron chi connectivity index (χ4n) is 1.76. The molecule has 106 valence electrons. The molecule has 1 unspecified atom stereocenters. The zero-order valence-corrected chi connectivity index (χ0v) is 12.1. The first-order valence-electron chi connectivity index (χ1n) is 6.16.